The third-order valence-corrected chi connectivity index (χ3v) is 3.44. The molecule has 2 aromatic rings. The highest BCUT2D eigenvalue weighted by atomic mass is 16.5. The molecule has 1 amide bonds. The van der Waals surface area contributed by atoms with Crippen LogP contribution in [-0.2, 0) is 0 Å². The molecule has 0 fully saturated rings. The van der Waals surface area contributed by atoms with Crippen molar-refractivity contribution in [2.75, 3.05) is 20.3 Å². The van der Waals surface area contributed by atoms with E-state index in [1.165, 1.54) is 0 Å². The second-order valence-corrected chi connectivity index (χ2v) is 5.22. The van der Waals surface area contributed by atoms with Crippen LogP contribution in [0, 0.1) is 5.92 Å². The summed E-state index contributed by atoms with van der Waals surface area (Å²) < 4.78 is 5.11. The average Bonchev–Trinajstić information content (AvgIpc) is 3.03. The number of carbonyl (C=O) groups excluding carboxylic acids is 1. The standard InChI is InChI=1S/C16H21N3O3/c1-11(7-8-20)10-17-16(21)15-9-14(18-19-15)12-3-5-13(22-2)6-4-12/h3-6,9,11,20H,7-8,10H2,1-2H3,(H,17,21)(H,18,19). The van der Waals surface area contributed by atoms with Crippen molar-refractivity contribution in [3.8, 4) is 17.0 Å². The molecule has 22 heavy (non-hydrogen) atoms. The molecule has 118 valence electrons. The minimum absolute atomic E-state index is 0.128. The van der Waals surface area contributed by atoms with E-state index in [1.807, 2.05) is 31.2 Å². The van der Waals surface area contributed by atoms with Crippen LogP contribution in [0.2, 0.25) is 0 Å². The summed E-state index contributed by atoms with van der Waals surface area (Å²) in [5, 5.41) is 18.6. The monoisotopic (exact) mass is 303 g/mol. The van der Waals surface area contributed by atoms with Crippen molar-refractivity contribution in [3.05, 3.63) is 36.0 Å². The third kappa shape index (κ3) is 4.08. The van der Waals surface area contributed by atoms with E-state index < -0.39 is 0 Å². The first-order chi connectivity index (χ1) is 10.6. The van der Waals surface area contributed by atoms with Crippen molar-refractivity contribution in [3.63, 3.8) is 0 Å². The second-order valence-electron chi connectivity index (χ2n) is 5.22. The van der Waals surface area contributed by atoms with Crippen LogP contribution in [0.3, 0.4) is 0 Å². The van der Waals surface area contributed by atoms with Crippen molar-refractivity contribution in [2.24, 2.45) is 5.92 Å². The lowest BCUT2D eigenvalue weighted by atomic mass is 10.1. The number of nitrogens with one attached hydrogen (secondary N) is 2. The maximum absolute atomic E-state index is 12.0. The van der Waals surface area contributed by atoms with E-state index in [4.69, 9.17) is 9.84 Å². The van der Waals surface area contributed by atoms with Gasteiger partial charge in [-0.25, -0.2) is 0 Å². The predicted octanol–water partition coefficient (Wildman–Crippen LogP) is 1.83. The molecule has 3 N–H and O–H groups in total. The molecule has 1 aromatic heterocycles. The fraction of sp³-hybridized carbons (Fsp3) is 0.375. The van der Waals surface area contributed by atoms with Gasteiger partial charge in [-0.05, 0) is 42.7 Å². The summed E-state index contributed by atoms with van der Waals surface area (Å²) in [7, 11) is 1.61. The summed E-state index contributed by atoms with van der Waals surface area (Å²) in [6, 6.07) is 9.19. The molecule has 6 heteroatoms. The Morgan fingerprint density at radius 2 is 2.14 bits per heavy atom. The zero-order valence-electron chi connectivity index (χ0n) is 12.8. The first-order valence-electron chi connectivity index (χ1n) is 7.23. The van der Waals surface area contributed by atoms with E-state index >= 15 is 0 Å². The van der Waals surface area contributed by atoms with E-state index in [1.54, 1.807) is 13.2 Å². The highest BCUT2D eigenvalue weighted by Gasteiger charge is 2.12. The highest BCUT2D eigenvalue weighted by Crippen LogP contribution is 2.21. The van der Waals surface area contributed by atoms with E-state index in [2.05, 4.69) is 15.5 Å². The lowest BCUT2D eigenvalue weighted by Crippen LogP contribution is -2.28. The minimum atomic E-state index is -0.197. The maximum Gasteiger partial charge on any atom is 0.269 e. The lowest BCUT2D eigenvalue weighted by Gasteiger charge is -2.09. The Hall–Kier alpha value is -2.34. The molecule has 0 aliphatic carbocycles. The first-order valence-corrected chi connectivity index (χ1v) is 7.23. The van der Waals surface area contributed by atoms with Crippen molar-refractivity contribution in [2.45, 2.75) is 13.3 Å². The first kappa shape index (κ1) is 16.0. The lowest BCUT2D eigenvalue weighted by molar-refractivity contribution is 0.0940. The van der Waals surface area contributed by atoms with Crippen LogP contribution in [0.25, 0.3) is 11.3 Å². The number of H-pyrrole nitrogens is 1. The van der Waals surface area contributed by atoms with Crippen LogP contribution in [0.4, 0.5) is 0 Å². The Labute approximate surface area is 129 Å². The Kier molecular flexibility index (Phi) is 5.55. The number of hydrogen-bond acceptors (Lipinski definition) is 4. The van der Waals surface area contributed by atoms with Gasteiger partial charge in [-0.3, -0.25) is 9.89 Å². The van der Waals surface area contributed by atoms with Gasteiger partial charge in [0.15, 0.2) is 0 Å². The van der Waals surface area contributed by atoms with Gasteiger partial charge in [0.2, 0.25) is 0 Å². The summed E-state index contributed by atoms with van der Waals surface area (Å²) in [6.07, 6.45) is 0.667. The molecule has 0 saturated carbocycles. The number of ether oxygens (including phenoxy) is 1. The quantitative estimate of drug-likeness (QED) is 0.728. The van der Waals surface area contributed by atoms with Gasteiger partial charge in [-0.15, -0.1) is 0 Å². The Morgan fingerprint density at radius 1 is 1.41 bits per heavy atom. The Balaban J connectivity index is 1.99. The zero-order valence-corrected chi connectivity index (χ0v) is 12.8. The van der Waals surface area contributed by atoms with Crippen molar-refractivity contribution in [1.82, 2.24) is 15.5 Å². The maximum atomic E-state index is 12.0. The van der Waals surface area contributed by atoms with Crippen LogP contribution in [-0.4, -0.2) is 41.5 Å². The molecule has 2 rings (SSSR count). The number of nitrogens with zero attached hydrogens (tertiary/aromatic N) is 1. The van der Waals surface area contributed by atoms with Crippen LogP contribution < -0.4 is 10.1 Å². The molecule has 0 spiro atoms. The highest BCUT2D eigenvalue weighted by molar-refractivity contribution is 5.93. The normalized spacial score (nSPS) is 12.0. The minimum Gasteiger partial charge on any atom is -0.497 e. The summed E-state index contributed by atoms with van der Waals surface area (Å²) >= 11 is 0. The van der Waals surface area contributed by atoms with Gasteiger partial charge < -0.3 is 15.2 Å². The molecule has 6 nitrogen and oxygen atoms in total. The van der Waals surface area contributed by atoms with E-state index in [-0.39, 0.29) is 18.4 Å². The number of aliphatic hydroxyl groups excluding tert-OH is 1. The largest absolute Gasteiger partial charge is 0.497 e. The molecule has 0 radical (unpaired) electrons. The fourth-order valence-corrected chi connectivity index (χ4v) is 2.03. The molecule has 0 aliphatic heterocycles. The number of aromatic amines is 1. The van der Waals surface area contributed by atoms with E-state index in [0.29, 0.717) is 24.4 Å². The summed E-state index contributed by atoms with van der Waals surface area (Å²) in [6.45, 7) is 2.63. The third-order valence-electron chi connectivity index (χ3n) is 3.44. The summed E-state index contributed by atoms with van der Waals surface area (Å²) in [4.78, 5) is 12.0. The van der Waals surface area contributed by atoms with Gasteiger partial charge in [-0.2, -0.15) is 5.10 Å². The zero-order chi connectivity index (χ0) is 15.9. The van der Waals surface area contributed by atoms with Gasteiger partial charge in [0.25, 0.3) is 5.91 Å². The smallest absolute Gasteiger partial charge is 0.269 e. The molecular formula is C16H21N3O3. The average molecular weight is 303 g/mol. The predicted molar refractivity (Wildman–Crippen MR) is 83.8 cm³/mol. The SMILES string of the molecule is COc1ccc(-c2cc(C(=O)NCC(C)CCO)[nH]n2)cc1. The van der Waals surface area contributed by atoms with Crippen LogP contribution in [0.15, 0.2) is 30.3 Å². The number of hydrogen-bond donors (Lipinski definition) is 3. The molecule has 1 heterocycles. The fourth-order valence-electron chi connectivity index (χ4n) is 2.03. The number of aliphatic hydroxyl groups is 1. The van der Waals surface area contributed by atoms with Crippen molar-refractivity contribution in [1.29, 1.82) is 0 Å². The number of carbonyl (C=O) groups is 1. The molecule has 1 atom stereocenters. The number of methoxy groups -OCH3 is 1. The molecule has 1 unspecified atom stereocenters. The second kappa shape index (κ2) is 7.61. The van der Waals surface area contributed by atoms with Crippen LogP contribution in [0.1, 0.15) is 23.8 Å². The van der Waals surface area contributed by atoms with Gasteiger partial charge in [0.1, 0.15) is 11.4 Å². The van der Waals surface area contributed by atoms with E-state index in [9.17, 15) is 4.79 Å². The number of benzene rings is 1. The Bertz CT molecular complexity index is 607. The summed E-state index contributed by atoms with van der Waals surface area (Å²) in [5.74, 6) is 0.810. The van der Waals surface area contributed by atoms with Crippen LogP contribution >= 0.6 is 0 Å². The number of amides is 1. The van der Waals surface area contributed by atoms with E-state index in [0.717, 1.165) is 11.3 Å². The Morgan fingerprint density at radius 3 is 2.77 bits per heavy atom. The molecule has 1 aromatic carbocycles. The van der Waals surface area contributed by atoms with Crippen molar-refractivity contribution < 1.29 is 14.6 Å². The molecule has 0 aliphatic rings. The van der Waals surface area contributed by atoms with Gasteiger partial charge in [0, 0.05) is 18.7 Å². The topological polar surface area (TPSA) is 87.2 Å². The number of aromatic nitrogens is 2. The molecular weight excluding hydrogens is 282 g/mol. The molecule has 0 bridgehead atoms. The molecule has 0 saturated heterocycles. The van der Waals surface area contributed by atoms with Crippen molar-refractivity contribution >= 4 is 5.91 Å². The van der Waals surface area contributed by atoms with Gasteiger partial charge in [-0.1, -0.05) is 6.92 Å². The number of rotatable bonds is 7. The van der Waals surface area contributed by atoms with Gasteiger partial charge >= 0.3 is 0 Å². The van der Waals surface area contributed by atoms with Gasteiger partial charge in [0.05, 0.1) is 12.8 Å². The van der Waals surface area contributed by atoms with Crippen LogP contribution in [0.5, 0.6) is 5.75 Å². The summed E-state index contributed by atoms with van der Waals surface area (Å²) in [5.41, 5.74) is 2.03.